The fourth-order valence-corrected chi connectivity index (χ4v) is 2.37. The van der Waals surface area contributed by atoms with E-state index in [2.05, 4.69) is 15.2 Å². The molecule has 0 saturated carbocycles. The summed E-state index contributed by atoms with van der Waals surface area (Å²) in [5.74, 6) is 0.601. The SMILES string of the molecule is COC(=O)CNC(=O)N1CCCC1c1cc(C(C)C)on1. The van der Waals surface area contributed by atoms with E-state index in [4.69, 9.17) is 4.52 Å². The van der Waals surface area contributed by atoms with Crippen LogP contribution in [0.1, 0.15) is 50.1 Å². The first kappa shape index (κ1) is 15.3. The molecule has 1 aliphatic heterocycles. The molecular weight excluding hydrogens is 274 g/mol. The van der Waals surface area contributed by atoms with E-state index in [9.17, 15) is 9.59 Å². The quantitative estimate of drug-likeness (QED) is 0.856. The fourth-order valence-electron chi connectivity index (χ4n) is 2.37. The van der Waals surface area contributed by atoms with Crippen LogP contribution < -0.4 is 5.32 Å². The number of esters is 1. The van der Waals surface area contributed by atoms with Crippen LogP contribution in [0.15, 0.2) is 10.6 Å². The number of aromatic nitrogens is 1. The van der Waals surface area contributed by atoms with Gasteiger partial charge in [-0.1, -0.05) is 19.0 Å². The van der Waals surface area contributed by atoms with E-state index in [1.54, 1.807) is 4.90 Å². The first-order chi connectivity index (χ1) is 10.0. The molecule has 1 atom stereocenters. The lowest BCUT2D eigenvalue weighted by molar-refractivity contribution is -0.139. The lowest BCUT2D eigenvalue weighted by Gasteiger charge is -2.22. The molecule has 0 bridgehead atoms. The summed E-state index contributed by atoms with van der Waals surface area (Å²) in [6, 6.07) is 1.53. The van der Waals surface area contributed by atoms with Crippen molar-refractivity contribution in [3.63, 3.8) is 0 Å². The molecule has 1 aliphatic rings. The van der Waals surface area contributed by atoms with Crippen molar-refractivity contribution < 1.29 is 18.8 Å². The topological polar surface area (TPSA) is 84.7 Å². The molecule has 1 aromatic heterocycles. The highest BCUT2D eigenvalue weighted by Crippen LogP contribution is 2.32. The van der Waals surface area contributed by atoms with Crippen LogP contribution >= 0.6 is 0 Å². The summed E-state index contributed by atoms with van der Waals surface area (Å²) in [7, 11) is 1.29. The summed E-state index contributed by atoms with van der Waals surface area (Å²) in [5, 5.41) is 6.63. The summed E-state index contributed by atoms with van der Waals surface area (Å²) in [6.07, 6.45) is 1.75. The number of ether oxygens (including phenoxy) is 1. The molecule has 1 N–H and O–H groups in total. The average molecular weight is 295 g/mol. The molecule has 2 amide bonds. The van der Waals surface area contributed by atoms with Gasteiger partial charge in [0.25, 0.3) is 0 Å². The number of carbonyl (C=O) groups is 2. The van der Waals surface area contributed by atoms with Crippen LogP contribution in [0.25, 0.3) is 0 Å². The van der Waals surface area contributed by atoms with E-state index in [-0.39, 0.29) is 24.5 Å². The number of nitrogens with one attached hydrogen (secondary N) is 1. The van der Waals surface area contributed by atoms with Gasteiger partial charge in [0.2, 0.25) is 0 Å². The number of carbonyl (C=O) groups excluding carboxylic acids is 2. The molecule has 7 nitrogen and oxygen atoms in total. The standard InChI is InChI=1S/C14H21N3O4/c1-9(2)12-7-10(16-21-12)11-5-4-6-17(11)14(19)15-8-13(18)20-3/h7,9,11H,4-6,8H2,1-3H3,(H,15,19). The van der Waals surface area contributed by atoms with E-state index in [0.29, 0.717) is 6.54 Å². The van der Waals surface area contributed by atoms with E-state index >= 15 is 0 Å². The van der Waals surface area contributed by atoms with Crippen LogP contribution in [0.3, 0.4) is 0 Å². The van der Waals surface area contributed by atoms with Crippen molar-refractivity contribution in [1.29, 1.82) is 0 Å². The Kier molecular flexibility index (Phi) is 4.82. The van der Waals surface area contributed by atoms with E-state index in [1.165, 1.54) is 7.11 Å². The Morgan fingerprint density at radius 2 is 2.33 bits per heavy atom. The smallest absolute Gasteiger partial charge is 0.325 e. The number of hydrogen-bond donors (Lipinski definition) is 1. The van der Waals surface area contributed by atoms with Crippen LogP contribution in [0, 0.1) is 0 Å². The minimum Gasteiger partial charge on any atom is -0.468 e. The molecule has 21 heavy (non-hydrogen) atoms. The van der Waals surface area contributed by atoms with Gasteiger partial charge in [0, 0.05) is 18.5 Å². The van der Waals surface area contributed by atoms with Crippen LogP contribution in [0.5, 0.6) is 0 Å². The molecule has 1 aromatic rings. The molecule has 0 aromatic carbocycles. The molecule has 1 fully saturated rings. The Morgan fingerprint density at radius 1 is 1.57 bits per heavy atom. The molecule has 1 unspecified atom stereocenters. The van der Waals surface area contributed by atoms with Gasteiger partial charge in [-0.25, -0.2) is 4.79 Å². The first-order valence-electron chi connectivity index (χ1n) is 7.10. The maximum atomic E-state index is 12.1. The molecule has 2 heterocycles. The van der Waals surface area contributed by atoms with Crippen LogP contribution in [-0.2, 0) is 9.53 Å². The Bertz CT molecular complexity index is 512. The predicted molar refractivity (Wildman–Crippen MR) is 74.7 cm³/mol. The van der Waals surface area contributed by atoms with Crippen molar-refractivity contribution in [3.05, 3.63) is 17.5 Å². The highest BCUT2D eigenvalue weighted by molar-refractivity contribution is 5.81. The molecule has 7 heteroatoms. The molecule has 0 spiro atoms. The van der Waals surface area contributed by atoms with E-state index < -0.39 is 5.97 Å². The van der Waals surface area contributed by atoms with Gasteiger partial charge in [0.15, 0.2) is 0 Å². The highest BCUT2D eigenvalue weighted by Gasteiger charge is 2.32. The highest BCUT2D eigenvalue weighted by atomic mass is 16.5. The zero-order valence-electron chi connectivity index (χ0n) is 12.6. The Morgan fingerprint density at radius 3 is 2.95 bits per heavy atom. The molecule has 1 saturated heterocycles. The van der Waals surface area contributed by atoms with Crippen LogP contribution in [0.2, 0.25) is 0 Å². The molecular formula is C14H21N3O4. The van der Waals surface area contributed by atoms with E-state index in [0.717, 1.165) is 24.3 Å². The normalized spacial score (nSPS) is 18.1. The van der Waals surface area contributed by atoms with Gasteiger partial charge < -0.3 is 19.5 Å². The second-order valence-corrected chi connectivity index (χ2v) is 5.40. The van der Waals surface area contributed by atoms with Crippen molar-refractivity contribution >= 4 is 12.0 Å². The number of rotatable bonds is 4. The zero-order valence-corrected chi connectivity index (χ0v) is 12.6. The van der Waals surface area contributed by atoms with Crippen molar-refractivity contribution in [2.45, 2.75) is 38.6 Å². The van der Waals surface area contributed by atoms with Crippen molar-refractivity contribution in [2.75, 3.05) is 20.2 Å². The van der Waals surface area contributed by atoms with Gasteiger partial charge in [0.1, 0.15) is 18.0 Å². The van der Waals surface area contributed by atoms with Gasteiger partial charge in [-0.15, -0.1) is 0 Å². The summed E-state index contributed by atoms with van der Waals surface area (Å²) in [5.41, 5.74) is 0.768. The summed E-state index contributed by atoms with van der Waals surface area (Å²) in [6.45, 7) is 4.57. The van der Waals surface area contributed by atoms with Crippen molar-refractivity contribution in [3.8, 4) is 0 Å². The number of urea groups is 1. The van der Waals surface area contributed by atoms with Gasteiger partial charge in [0.05, 0.1) is 13.2 Å². The molecule has 0 radical (unpaired) electrons. The molecule has 0 aliphatic carbocycles. The fraction of sp³-hybridized carbons (Fsp3) is 0.643. The Labute approximate surface area is 123 Å². The monoisotopic (exact) mass is 295 g/mol. The number of nitrogens with zero attached hydrogens (tertiary/aromatic N) is 2. The number of hydrogen-bond acceptors (Lipinski definition) is 5. The first-order valence-corrected chi connectivity index (χ1v) is 7.10. The van der Waals surface area contributed by atoms with Gasteiger partial charge in [-0.2, -0.15) is 0 Å². The zero-order chi connectivity index (χ0) is 15.4. The van der Waals surface area contributed by atoms with Crippen molar-refractivity contribution in [1.82, 2.24) is 15.4 Å². The summed E-state index contributed by atoms with van der Waals surface area (Å²) < 4.78 is 9.80. The Balaban J connectivity index is 2.02. The second kappa shape index (κ2) is 6.60. The maximum absolute atomic E-state index is 12.1. The third-order valence-corrected chi connectivity index (χ3v) is 3.58. The van der Waals surface area contributed by atoms with Crippen LogP contribution in [0.4, 0.5) is 4.79 Å². The average Bonchev–Trinajstić information content (AvgIpc) is 3.11. The maximum Gasteiger partial charge on any atom is 0.325 e. The lowest BCUT2D eigenvalue weighted by atomic mass is 10.1. The van der Waals surface area contributed by atoms with E-state index in [1.807, 2.05) is 19.9 Å². The third kappa shape index (κ3) is 3.53. The summed E-state index contributed by atoms with van der Waals surface area (Å²) >= 11 is 0. The number of likely N-dealkylation sites (tertiary alicyclic amines) is 1. The van der Waals surface area contributed by atoms with Gasteiger partial charge >= 0.3 is 12.0 Å². The minimum atomic E-state index is -0.470. The predicted octanol–water partition coefficient (Wildman–Crippen LogP) is 1.82. The molecule has 2 rings (SSSR count). The van der Waals surface area contributed by atoms with Crippen molar-refractivity contribution in [2.24, 2.45) is 0 Å². The largest absolute Gasteiger partial charge is 0.468 e. The second-order valence-electron chi connectivity index (χ2n) is 5.40. The number of methoxy groups -OCH3 is 1. The Hall–Kier alpha value is -2.05. The molecule has 116 valence electrons. The lowest BCUT2D eigenvalue weighted by Crippen LogP contribution is -2.41. The van der Waals surface area contributed by atoms with Gasteiger partial charge in [-0.05, 0) is 12.8 Å². The summed E-state index contributed by atoms with van der Waals surface area (Å²) in [4.78, 5) is 24.9. The third-order valence-electron chi connectivity index (χ3n) is 3.58. The van der Waals surface area contributed by atoms with Crippen LogP contribution in [-0.4, -0.2) is 42.3 Å². The number of amides is 2. The van der Waals surface area contributed by atoms with Gasteiger partial charge in [-0.3, -0.25) is 4.79 Å². The minimum absolute atomic E-state index is 0.0982.